The molecule has 8 heteroatoms. The summed E-state index contributed by atoms with van der Waals surface area (Å²) in [5.41, 5.74) is 4.29. The van der Waals surface area contributed by atoms with Gasteiger partial charge in [-0.2, -0.15) is 5.10 Å². The molecule has 1 amide bonds. The van der Waals surface area contributed by atoms with Crippen molar-refractivity contribution in [1.29, 1.82) is 0 Å². The average Bonchev–Trinajstić information content (AvgIpc) is 3.34. The Morgan fingerprint density at radius 1 is 0.914 bits per heavy atom. The Kier molecular flexibility index (Phi) is 7.42. The summed E-state index contributed by atoms with van der Waals surface area (Å²) in [6.07, 6.45) is 2.14. The molecule has 0 aliphatic carbocycles. The van der Waals surface area contributed by atoms with Crippen LogP contribution in [-0.4, -0.2) is 96.5 Å². The number of methoxy groups -OCH3 is 1. The van der Waals surface area contributed by atoms with Crippen molar-refractivity contribution in [3.63, 3.8) is 0 Å². The highest BCUT2D eigenvalue weighted by atomic mass is 16.5. The molecule has 0 spiro atoms. The fourth-order valence-corrected chi connectivity index (χ4v) is 4.68. The first-order valence-corrected chi connectivity index (χ1v) is 12.3. The van der Waals surface area contributed by atoms with Gasteiger partial charge in [-0.1, -0.05) is 18.2 Å². The molecular weight excluding hydrogens is 442 g/mol. The van der Waals surface area contributed by atoms with Crippen LogP contribution in [0.2, 0.25) is 0 Å². The van der Waals surface area contributed by atoms with E-state index in [0.29, 0.717) is 32.8 Å². The van der Waals surface area contributed by atoms with Gasteiger partial charge < -0.3 is 14.4 Å². The number of amides is 1. The molecule has 3 heterocycles. The van der Waals surface area contributed by atoms with Crippen molar-refractivity contribution in [2.24, 2.45) is 0 Å². The Morgan fingerprint density at radius 3 is 2.29 bits per heavy atom. The zero-order chi connectivity index (χ0) is 24.0. The summed E-state index contributed by atoms with van der Waals surface area (Å²) >= 11 is 0. The van der Waals surface area contributed by atoms with Crippen molar-refractivity contribution in [2.45, 2.75) is 6.54 Å². The fraction of sp³-hybridized carbons (Fsp3) is 0.407. The molecule has 5 rings (SSSR count). The predicted octanol–water partition coefficient (Wildman–Crippen LogP) is 2.52. The number of carbonyl (C=O) groups excluding carboxylic acids is 1. The van der Waals surface area contributed by atoms with Crippen LogP contribution in [0.1, 0.15) is 5.56 Å². The first kappa shape index (κ1) is 23.5. The van der Waals surface area contributed by atoms with Gasteiger partial charge >= 0.3 is 0 Å². The number of hydrogen-bond donors (Lipinski definition) is 0. The van der Waals surface area contributed by atoms with Crippen LogP contribution in [0.4, 0.5) is 0 Å². The zero-order valence-corrected chi connectivity index (χ0v) is 20.3. The second kappa shape index (κ2) is 11.0. The maximum atomic E-state index is 12.6. The highest BCUT2D eigenvalue weighted by molar-refractivity contribution is 5.78. The highest BCUT2D eigenvalue weighted by Gasteiger charge is 2.24. The third-order valence-corrected chi connectivity index (χ3v) is 6.76. The van der Waals surface area contributed by atoms with E-state index >= 15 is 0 Å². The SMILES string of the molecule is COc1ccc(-c2nn(-c3ccccc3)cc2CN2CCN(CC(=O)N3CCOCC3)CC2)cc1. The van der Waals surface area contributed by atoms with E-state index in [1.165, 1.54) is 5.56 Å². The van der Waals surface area contributed by atoms with E-state index in [9.17, 15) is 4.79 Å². The minimum atomic E-state index is 0.215. The lowest BCUT2D eigenvalue weighted by Crippen LogP contribution is -2.51. The maximum Gasteiger partial charge on any atom is 0.236 e. The highest BCUT2D eigenvalue weighted by Crippen LogP contribution is 2.27. The number of morpholine rings is 1. The molecular formula is C27H33N5O3. The summed E-state index contributed by atoms with van der Waals surface area (Å²) in [5, 5.41) is 4.96. The molecule has 184 valence electrons. The second-order valence-electron chi connectivity index (χ2n) is 9.06. The van der Waals surface area contributed by atoms with Gasteiger partial charge in [0.05, 0.1) is 38.2 Å². The fourth-order valence-electron chi connectivity index (χ4n) is 4.68. The third kappa shape index (κ3) is 5.73. The normalized spacial score (nSPS) is 17.5. The van der Waals surface area contributed by atoms with Gasteiger partial charge in [-0.05, 0) is 36.4 Å². The predicted molar refractivity (Wildman–Crippen MR) is 135 cm³/mol. The molecule has 0 N–H and O–H groups in total. The standard InChI is InChI=1S/C27H33N5O3/c1-34-25-9-7-22(8-10-25)27-23(20-32(28-27)24-5-3-2-4-6-24)19-29-11-13-30(14-12-29)21-26(33)31-15-17-35-18-16-31/h2-10,20H,11-19,21H2,1H3. The number of nitrogens with zero attached hydrogens (tertiary/aromatic N) is 5. The van der Waals surface area contributed by atoms with Crippen molar-refractivity contribution in [3.8, 4) is 22.7 Å². The van der Waals surface area contributed by atoms with Crippen molar-refractivity contribution in [3.05, 3.63) is 66.4 Å². The maximum absolute atomic E-state index is 12.6. The van der Waals surface area contributed by atoms with Gasteiger partial charge in [-0.25, -0.2) is 4.68 Å². The van der Waals surface area contributed by atoms with Gasteiger partial charge in [-0.3, -0.25) is 14.6 Å². The lowest BCUT2D eigenvalue weighted by atomic mass is 10.1. The number of aromatic nitrogens is 2. The molecule has 2 fully saturated rings. The van der Waals surface area contributed by atoms with Crippen LogP contribution < -0.4 is 4.74 Å². The van der Waals surface area contributed by atoms with Crippen LogP contribution in [0, 0.1) is 0 Å². The van der Waals surface area contributed by atoms with E-state index in [4.69, 9.17) is 14.6 Å². The Morgan fingerprint density at radius 2 is 1.60 bits per heavy atom. The monoisotopic (exact) mass is 475 g/mol. The van der Waals surface area contributed by atoms with Crippen molar-refractivity contribution in [2.75, 3.05) is 66.1 Å². The second-order valence-corrected chi connectivity index (χ2v) is 9.06. The van der Waals surface area contributed by atoms with E-state index in [-0.39, 0.29) is 5.91 Å². The topological polar surface area (TPSA) is 63.1 Å². The zero-order valence-electron chi connectivity index (χ0n) is 20.3. The van der Waals surface area contributed by atoms with Gasteiger partial charge in [0.15, 0.2) is 0 Å². The molecule has 0 radical (unpaired) electrons. The lowest BCUT2D eigenvalue weighted by Gasteiger charge is -2.36. The number of rotatable bonds is 7. The molecule has 3 aromatic rings. The Labute approximate surface area is 206 Å². The van der Waals surface area contributed by atoms with Gasteiger partial charge in [0.25, 0.3) is 0 Å². The molecule has 0 saturated carbocycles. The first-order chi connectivity index (χ1) is 17.2. The average molecular weight is 476 g/mol. The Bertz CT molecular complexity index is 1100. The molecule has 0 atom stereocenters. The quantitative estimate of drug-likeness (QED) is 0.523. The van der Waals surface area contributed by atoms with Crippen LogP contribution in [-0.2, 0) is 16.1 Å². The molecule has 8 nitrogen and oxygen atoms in total. The largest absolute Gasteiger partial charge is 0.497 e. The minimum absolute atomic E-state index is 0.215. The molecule has 0 unspecified atom stereocenters. The molecule has 2 saturated heterocycles. The molecule has 35 heavy (non-hydrogen) atoms. The van der Waals surface area contributed by atoms with Crippen LogP contribution >= 0.6 is 0 Å². The number of benzene rings is 2. The van der Waals surface area contributed by atoms with Gasteiger partial charge in [0.2, 0.25) is 5.91 Å². The van der Waals surface area contributed by atoms with E-state index in [1.54, 1.807) is 7.11 Å². The first-order valence-electron chi connectivity index (χ1n) is 12.3. The number of ether oxygens (including phenoxy) is 2. The van der Waals surface area contributed by atoms with Crippen molar-refractivity contribution < 1.29 is 14.3 Å². The summed E-state index contributed by atoms with van der Waals surface area (Å²) in [5.74, 6) is 1.05. The van der Waals surface area contributed by atoms with E-state index in [1.807, 2.05) is 39.9 Å². The van der Waals surface area contributed by atoms with Crippen molar-refractivity contribution in [1.82, 2.24) is 24.5 Å². The minimum Gasteiger partial charge on any atom is -0.497 e. The summed E-state index contributed by atoms with van der Waals surface area (Å²) in [4.78, 5) is 19.3. The van der Waals surface area contributed by atoms with Crippen LogP contribution in [0.25, 0.3) is 16.9 Å². The van der Waals surface area contributed by atoms with E-state index in [2.05, 4.69) is 40.3 Å². The summed E-state index contributed by atoms with van der Waals surface area (Å²) in [6, 6.07) is 18.3. The van der Waals surface area contributed by atoms with E-state index in [0.717, 1.165) is 55.4 Å². The summed E-state index contributed by atoms with van der Waals surface area (Å²) in [7, 11) is 1.68. The molecule has 2 aliphatic rings. The summed E-state index contributed by atoms with van der Waals surface area (Å²) in [6.45, 7) is 7.65. The van der Waals surface area contributed by atoms with Gasteiger partial charge in [0, 0.05) is 63.1 Å². The number of carbonyl (C=O) groups is 1. The number of para-hydroxylation sites is 1. The molecule has 2 aromatic carbocycles. The smallest absolute Gasteiger partial charge is 0.236 e. The lowest BCUT2D eigenvalue weighted by molar-refractivity contribution is -0.136. The molecule has 2 aliphatic heterocycles. The molecule has 1 aromatic heterocycles. The van der Waals surface area contributed by atoms with Crippen LogP contribution in [0.5, 0.6) is 5.75 Å². The molecule has 0 bridgehead atoms. The Balaban J connectivity index is 1.27. The van der Waals surface area contributed by atoms with Crippen LogP contribution in [0.15, 0.2) is 60.8 Å². The van der Waals surface area contributed by atoms with Crippen molar-refractivity contribution >= 4 is 5.91 Å². The van der Waals surface area contributed by atoms with Gasteiger partial charge in [-0.15, -0.1) is 0 Å². The number of piperazine rings is 1. The number of hydrogen-bond acceptors (Lipinski definition) is 6. The van der Waals surface area contributed by atoms with E-state index < -0.39 is 0 Å². The third-order valence-electron chi connectivity index (χ3n) is 6.76. The van der Waals surface area contributed by atoms with Crippen LogP contribution in [0.3, 0.4) is 0 Å². The Hall–Kier alpha value is -3.20. The van der Waals surface area contributed by atoms with Gasteiger partial charge in [0.1, 0.15) is 5.75 Å². The summed E-state index contributed by atoms with van der Waals surface area (Å²) < 4.78 is 12.7.